The Hall–Kier alpha value is -2.68. The molecular formula is C21H23NO6S. The van der Waals surface area contributed by atoms with E-state index in [2.05, 4.69) is 5.32 Å². The number of rotatable bonds is 8. The molecule has 0 saturated heterocycles. The summed E-state index contributed by atoms with van der Waals surface area (Å²) in [6.07, 6.45) is 1.30. The van der Waals surface area contributed by atoms with Crippen LogP contribution in [-0.4, -0.2) is 39.9 Å². The van der Waals surface area contributed by atoms with Crippen LogP contribution in [0.2, 0.25) is 0 Å². The first-order valence-electron chi connectivity index (χ1n) is 9.17. The van der Waals surface area contributed by atoms with Crippen LogP contribution in [0.1, 0.15) is 11.1 Å². The fourth-order valence-corrected chi connectivity index (χ4v) is 3.81. The Morgan fingerprint density at radius 3 is 2.55 bits per heavy atom. The zero-order chi connectivity index (χ0) is 20.7. The monoisotopic (exact) mass is 417 g/mol. The average molecular weight is 417 g/mol. The predicted molar refractivity (Wildman–Crippen MR) is 107 cm³/mol. The van der Waals surface area contributed by atoms with E-state index in [1.165, 1.54) is 12.1 Å². The molecule has 3 rings (SSSR count). The van der Waals surface area contributed by atoms with Gasteiger partial charge in [-0.2, -0.15) is 8.42 Å². The zero-order valence-electron chi connectivity index (χ0n) is 16.0. The van der Waals surface area contributed by atoms with Crippen LogP contribution in [0.5, 0.6) is 0 Å². The maximum absolute atomic E-state index is 12.6. The Morgan fingerprint density at radius 2 is 1.90 bits per heavy atom. The number of benzene rings is 2. The van der Waals surface area contributed by atoms with Crippen molar-refractivity contribution in [3.63, 3.8) is 0 Å². The summed E-state index contributed by atoms with van der Waals surface area (Å²) in [6.45, 7) is 2.24. The van der Waals surface area contributed by atoms with Gasteiger partial charge in [0, 0.05) is 0 Å². The second-order valence-corrected chi connectivity index (χ2v) is 8.14. The van der Waals surface area contributed by atoms with Gasteiger partial charge in [-0.05, 0) is 24.6 Å². The lowest BCUT2D eigenvalue weighted by Crippen LogP contribution is -2.41. The van der Waals surface area contributed by atoms with Crippen LogP contribution in [0.3, 0.4) is 0 Å². The van der Waals surface area contributed by atoms with Crippen molar-refractivity contribution in [1.82, 2.24) is 5.32 Å². The third-order valence-corrected chi connectivity index (χ3v) is 5.65. The summed E-state index contributed by atoms with van der Waals surface area (Å²) in [5.74, 6) is 0. The zero-order valence-corrected chi connectivity index (χ0v) is 16.8. The first-order valence-corrected chi connectivity index (χ1v) is 10.6. The van der Waals surface area contributed by atoms with Crippen LogP contribution in [0.4, 0.5) is 4.79 Å². The fraction of sp³-hybridized carbons (Fsp3) is 0.286. The van der Waals surface area contributed by atoms with E-state index in [0.717, 1.165) is 11.1 Å². The summed E-state index contributed by atoms with van der Waals surface area (Å²) >= 11 is 0. The number of ether oxygens (including phenoxy) is 2. The SMILES string of the molecule is Cc1ccc(S(=O)(=O)OC(CNC(=O)OCc2ccccc2)C2C=CCO2)cc1. The first-order chi connectivity index (χ1) is 13.9. The quantitative estimate of drug-likeness (QED) is 0.525. The molecule has 0 aromatic heterocycles. The number of amides is 1. The van der Waals surface area contributed by atoms with Crippen molar-refractivity contribution in [2.45, 2.75) is 30.6 Å². The second-order valence-electron chi connectivity index (χ2n) is 6.57. The Labute approximate surface area is 170 Å². The first kappa shape index (κ1) is 21.0. The normalized spacial score (nSPS) is 17.1. The summed E-state index contributed by atoms with van der Waals surface area (Å²) in [7, 11) is -4.02. The minimum atomic E-state index is -4.02. The van der Waals surface area contributed by atoms with Crippen molar-refractivity contribution in [3.8, 4) is 0 Å². The largest absolute Gasteiger partial charge is 0.445 e. The molecule has 0 bridgehead atoms. The molecule has 2 unspecified atom stereocenters. The van der Waals surface area contributed by atoms with Gasteiger partial charge in [0.2, 0.25) is 0 Å². The van der Waals surface area contributed by atoms with E-state index in [1.807, 2.05) is 37.3 Å². The van der Waals surface area contributed by atoms with Crippen LogP contribution >= 0.6 is 0 Å². The average Bonchev–Trinajstić information content (AvgIpc) is 3.25. The molecule has 2 aromatic rings. The van der Waals surface area contributed by atoms with Gasteiger partial charge in [0.15, 0.2) is 0 Å². The van der Waals surface area contributed by atoms with Crippen molar-refractivity contribution in [3.05, 3.63) is 77.9 Å². The summed E-state index contributed by atoms with van der Waals surface area (Å²) in [5.41, 5.74) is 1.78. The lowest BCUT2D eigenvalue weighted by atomic mass is 10.2. The highest BCUT2D eigenvalue weighted by Crippen LogP contribution is 2.19. The molecule has 2 aromatic carbocycles. The van der Waals surface area contributed by atoms with Crippen molar-refractivity contribution in [2.75, 3.05) is 13.2 Å². The van der Waals surface area contributed by atoms with Gasteiger partial charge < -0.3 is 14.8 Å². The molecule has 0 fully saturated rings. The number of hydrogen-bond acceptors (Lipinski definition) is 6. The van der Waals surface area contributed by atoms with E-state index in [4.69, 9.17) is 13.7 Å². The molecule has 1 amide bonds. The second kappa shape index (κ2) is 9.69. The molecule has 0 saturated carbocycles. The van der Waals surface area contributed by atoms with Crippen molar-refractivity contribution in [2.24, 2.45) is 0 Å². The molecule has 2 atom stereocenters. The standard InChI is InChI=1S/C21H23NO6S/c1-16-9-11-18(12-10-16)29(24,25)28-20(19-8-5-13-26-19)14-22-21(23)27-15-17-6-3-2-4-7-17/h2-12,19-20H,13-15H2,1H3,(H,22,23). The lowest BCUT2D eigenvalue weighted by molar-refractivity contribution is 0.0302. The van der Waals surface area contributed by atoms with Crippen molar-refractivity contribution < 1.29 is 26.9 Å². The summed E-state index contributed by atoms with van der Waals surface area (Å²) in [6, 6.07) is 15.6. The third kappa shape index (κ3) is 6.15. The highest BCUT2D eigenvalue weighted by atomic mass is 32.2. The Kier molecular flexibility index (Phi) is 7.03. The minimum absolute atomic E-state index is 0.0433. The molecule has 0 aliphatic carbocycles. The number of aryl methyl sites for hydroxylation is 1. The number of carbonyl (C=O) groups is 1. The number of carbonyl (C=O) groups excluding carboxylic acids is 1. The van der Waals surface area contributed by atoms with Crippen molar-refractivity contribution >= 4 is 16.2 Å². The summed E-state index contributed by atoms with van der Waals surface area (Å²) < 4.78 is 41.3. The van der Waals surface area contributed by atoms with Crippen molar-refractivity contribution in [1.29, 1.82) is 0 Å². The van der Waals surface area contributed by atoms with E-state index in [9.17, 15) is 13.2 Å². The topological polar surface area (TPSA) is 90.9 Å². The fourth-order valence-electron chi connectivity index (χ4n) is 2.73. The summed E-state index contributed by atoms with van der Waals surface area (Å²) in [5, 5.41) is 2.55. The van der Waals surface area contributed by atoms with Gasteiger partial charge in [0.05, 0.1) is 18.0 Å². The van der Waals surface area contributed by atoms with E-state index < -0.39 is 28.4 Å². The minimum Gasteiger partial charge on any atom is -0.445 e. The van der Waals surface area contributed by atoms with Crippen LogP contribution in [0.25, 0.3) is 0 Å². The molecular weight excluding hydrogens is 394 g/mol. The molecule has 7 nitrogen and oxygen atoms in total. The summed E-state index contributed by atoms with van der Waals surface area (Å²) in [4.78, 5) is 12.1. The van der Waals surface area contributed by atoms with Crippen LogP contribution in [0.15, 0.2) is 71.6 Å². The Morgan fingerprint density at radius 1 is 1.17 bits per heavy atom. The molecule has 0 spiro atoms. The third-order valence-electron chi connectivity index (χ3n) is 4.30. The highest BCUT2D eigenvalue weighted by Gasteiger charge is 2.30. The molecule has 1 aliphatic heterocycles. The van der Waals surface area contributed by atoms with Gasteiger partial charge in [-0.15, -0.1) is 0 Å². The van der Waals surface area contributed by atoms with Crippen LogP contribution < -0.4 is 5.32 Å². The van der Waals surface area contributed by atoms with E-state index in [-0.39, 0.29) is 18.0 Å². The smallest absolute Gasteiger partial charge is 0.407 e. The predicted octanol–water partition coefficient (Wildman–Crippen LogP) is 2.95. The van der Waals surface area contributed by atoms with E-state index >= 15 is 0 Å². The Bertz CT molecular complexity index is 941. The van der Waals surface area contributed by atoms with Gasteiger partial charge in [-0.3, -0.25) is 4.18 Å². The van der Waals surface area contributed by atoms with Crippen LogP contribution in [0, 0.1) is 6.92 Å². The molecule has 1 heterocycles. The molecule has 1 aliphatic rings. The van der Waals surface area contributed by atoms with E-state index in [0.29, 0.717) is 6.61 Å². The van der Waals surface area contributed by atoms with Gasteiger partial charge in [-0.25, -0.2) is 4.79 Å². The highest BCUT2D eigenvalue weighted by molar-refractivity contribution is 7.86. The number of hydrogen-bond donors (Lipinski definition) is 1. The van der Waals surface area contributed by atoms with Gasteiger partial charge in [-0.1, -0.05) is 60.2 Å². The number of alkyl carbamates (subject to hydrolysis) is 1. The van der Waals surface area contributed by atoms with E-state index in [1.54, 1.807) is 24.3 Å². The molecule has 1 N–H and O–H groups in total. The Balaban J connectivity index is 1.60. The van der Waals surface area contributed by atoms with Gasteiger partial charge in [0.25, 0.3) is 10.1 Å². The lowest BCUT2D eigenvalue weighted by Gasteiger charge is -2.22. The van der Waals surface area contributed by atoms with Gasteiger partial charge >= 0.3 is 6.09 Å². The molecule has 154 valence electrons. The van der Waals surface area contributed by atoms with Gasteiger partial charge in [0.1, 0.15) is 18.8 Å². The van der Waals surface area contributed by atoms with Crippen LogP contribution in [-0.2, 0) is 30.4 Å². The number of nitrogens with one attached hydrogen (secondary N) is 1. The molecule has 29 heavy (non-hydrogen) atoms. The molecule has 8 heteroatoms. The molecule has 0 radical (unpaired) electrons. The maximum Gasteiger partial charge on any atom is 0.407 e. The maximum atomic E-state index is 12.6.